The predicted molar refractivity (Wildman–Crippen MR) is 84.8 cm³/mol. The van der Waals surface area contributed by atoms with Crippen molar-refractivity contribution in [3.05, 3.63) is 35.7 Å². The number of carbonyl (C=O) groups is 1. The minimum atomic E-state index is -0.744. The molecule has 0 atom stereocenters. The van der Waals surface area contributed by atoms with Crippen molar-refractivity contribution in [2.24, 2.45) is 0 Å². The highest BCUT2D eigenvalue weighted by Crippen LogP contribution is 2.30. The molecular weight excluding hydrogens is 294 g/mol. The second kappa shape index (κ2) is 6.12. The summed E-state index contributed by atoms with van der Waals surface area (Å²) >= 11 is 0. The highest BCUT2D eigenvalue weighted by molar-refractivity contribution is 5.95. The van der Waals surface area contributed by atoms with E-state index in [1.54, 1.807) is 37.1 Å². The van der Waals surface area contributed by atoms with Crippen LogP contribution in [0.2, 0.25) is 0 Å². The van der Waals surface area contributed by atoms with E-state index in [1.165, 1.54) is 0 Å². The Morgan fingerprint density at radius 1 is 1.35 bits per heavy atom. The molecule has 1 saturated carbocycles. The van der Waals surface area contributed by atoms with Crippen molar-refractivity contribution in [3.63, 3.8) is 0 Å². The second-order valence-corrected chi connectivity index (χ2v) is 6.30. The first kappa shape index (κ1) is 15.7. The number of hydrogen-bond donors (Lipinski definition) is 1. The molecule has 2 aromatic rings. The molecule has 1 aliphatic rings. The zero-order valence-electron chi connectivity index (χ0n) is 13.5. The number of benzene rings is 1. The molecule has 0 aliphatic heterocycles. The smallest absolute Gasteiger partial charge is 0.253 e. The zero-order chi connectivity index (χ0) is 16.4. The van der Waals surface area contributed by atoms with Crippen LogP contribution in [0.1, 0.15) is 41.9 Å². The van der Waals surface area contributed by atoms with Crippen molar-refractivity contribution >= 4 is 5.91 Å². The first-order valence-electron chi connectivity index (χ1n) is 7.85. The summed E-state index contributed by atoms with van der Waals surface area (Å²) in [5, 5.41) is 18.2. The van der Waals surface area contributed by atoms with Crippen LogP contribution in [0.4, 0.5) is 0 Å². The molecule has 0 saturated heterocycles. The maximum Gasteiger partial charge on any atom is 0.253 e. The molecule has 3 rings (SSSR count). The number of aliphatic hydroxyl groups is 1. The number of likely N-dealkylation sites (N-methyl/N-ethyl adjacent to an activating group) is 1. The van der Waals surface area contributed by atoms with Crippen molar-refractivity contribution in [1.82, 2.24) is 15.1 Å². The molecule has 1 aromatic carbocycles. The highest BCUT2D eigenvalue weighted by Gasteiger charge is 2.33. The average Bonchev–Trinajstić information content (AvgIpc) is 3.15. The Balaban J connectivity index is 1.76. The van der Waals surface area contributed by atoms with Gasteiger partial charge in [-0.05, 0) is 31.0 Å². The highest BCUT2D eigenvalue weighted by atomic mass is 16.4. The van der Waals surface area contributed by atoms with Crippen molar-refractivity contribution in [2.75, 3.05) is 13.6 Å². The summed E-state index contributed by atoms with van der Waals surface area (Å²) in [6.45, 7) is 2.08. The van der Waals surface area contributed by atoms with E-state index in [4.69, 9.17) is 4.42 Å². The molecule has 1 N–H and O–H groups in total. The fourth-order valence-corrected chi connectivity index (χ4v) is 3.12. The van der Waals surface area contributed by atoms with Crippen molar-refractivity contribution in [1.29, 1.82) is 0 Å². The molecule has 1 fully saturated rings. The number of nitrogens with zero attached hydrogens (tertiary/aromatic N) is 3. The van der Waals surface area contributed by atoms with Gasteiger partial charge in [0.05, 0.1) is 5.60 Å². The van der Waals surface area contributed by atoms with Crippen LogP contribution in [-0.2, 0) is 0 Å². The fraction of sp³-hybridized carbons (Fsp3) is 0.471. The lowest BCUT2D eigenvalue weighted by Gasteiger charge is -2.28. The molecule has 6 nitrogen and oxygen atoms in total. The Labute approximate surface area is 135 Å². The van der Waals surface area contributed by atoms with E-state index >= 15 is 0 Å². The summed E-state index contributed by atoms with van der Waals surface area (Å²) in [6, 6.07) is 7.11. The number of rotatable bonds is 4. The van der Waals surface area contributed by atoms with Crippen LogP contribution in [0, 0.1) is 6.92 Å². The third-order valence-electron chi connectivity index (χ3n) is 4.29. The molecule has 0 unspecified atom stereocenters. The van der Waals surface area contributed by atoms with Gasteiger partial charge in [0.25, 0.3) is 5.91 Å². The van der Waals surface area contributed by atoms with Crippen molar-refractivity contribution < 1.29 is 14.3 Å². The zero-order valence-corrected chi connectivity index (χ0v) is 13.5. The van der Waals surface area contributed by atoms with Crippen molar-refractivity contribution in [2.45, 2.75) is 38.2 Å². The largest absolute Gasteiger partial charge is 0.421 e. The van der Waals surface area contributed by atoms with Gasteiger partial charge in [0, 0.05) is 31.6 Å². The monoisotopic (exact) mass is 315 g/mol. The first-order chi connectivity index (χ1) is 11.0. The fourth-order valence-electron chi connectivity index (χ4n) is 3.12. The number of carbonyl (C=O) groups excluding carboxylic acids is 1. The van der Waals surface area contributed by atoms with E-state index < -0.39 is 5.60 Å². The second-order valence-electron chi connectivity index (χ2n) is 6.30. The van der Waals surface area contributed by atoms with E-state index in [9.17, 15) is 9.90 Å². The van der Waals surface area contributed by atoms with E-state index in [1.807, 2.05) is 6.07 Å². The third-order valence-corrected chi connectivity index (χ3v) is 4.29. The molecule has 0 spiro atoms. The maximum absolute atomic E-state index is 12.6. The quantitative estimate of drug-likeness (QED) is 0.937. The Morgan fingerprint density at radius 2 is 2.09 bits per heavy atom. The Hall–Kier alpha value is -2.21. The standard InChI is InChI=1S/C17H21N3O3/c1-12-18-19-15(23-12)13-6-5-7-14(10-13)16(21)20(2)11-17(22)8-3-4-9-17/h5-7,10,22H,3-4,8-9,11H2,1-2H3. The molecule has 0 bridgehead atoms. The van der Waals surface area contributed by atoms with Gasteiger partial charge in [0.1, 0.15) is 0 Å². The third kappa shape index (κ3) is 3.42. The van der Waals surface area contributed by atoms with E-state index in [2.05, 4.69) is 10.2 Å². The van der Waals surface area contributed by atoms with Gasteiger partial charge in [0.15, 0.2) is 0 Å². The van der Waals surface area contributed by atoms with Gasteiger partial charge in [-0.1, -0.05) is 18.9 Å². The number of aromatic nitrogens is 2. The van der Waals surface area contributed by atoms with Gasteiger partial charge in [-0.25, -0.2) is 0 Å². The van der Waals surface area contributed by atoms with Gasteiger partial charge >= 0.3 is 0 Å². The number of amides is 1. The molecule has 23 heavy (non-hydrogen) atoms. The van der Waals surface area contributed by atoms with Gasteiger partial charge in [-0.15, -0.1) is 10.2 Å². The summed E-state index contributed by atoms with van der Waals surface area (Å²) < 4.78 is 5.40. The minimum absolute atomic E-state index is 0.122. The molecule has 1 heterocycles. The van der Waals surface area contributed by atoms with Gasteiger partial charge in [0.2, 0.25) is 11.8 Å². The maximum atomic E-state index is 12.6. The summed E-state index contributed by atoms with van der Waals surface area (Å²) in [6.07, 6.45) is 3.55. The lowest BCUT2D eigenvalue weighted by Crippen LogP contribution is -2.42. The summed E-state index contributed by atoms with van der Waals surface area (Å²) in [7, 11) is 1.72. The molecule has 1 amide bonds. The molecule has 6 heteroatoms. The molecule has 0 radical (unpaired) electrons. The predicted octanol–water partition coefficient (Wildman–Crippen LogP) is 2.42. The summed E-state index contributed by atoms with van der Waals surface area (Å²) in [4.78, 5) is 14.2. The number of aryl methyl sites for hydroxylation is 1. The normalized spacial score (nSPS) is 16.5. The molecular formula is C17H21N3O3. The van der Waals surface area contributed by atoms with E-state index in [0.717, 1.165) is 25.7 Å². The average molecular weight is 315 g/mol. The van der Waals surface area contributed by atoms with Crippen LogP contribution < -0.4 is 0 Å². The summed E-state index contributed by atoms with van der Waals surface area (Å²) in [5.41, 5.74) is 0.512. The van der Waals surface area contributed by atoms with E-state index in [-0.39, 0.29) is 5.91 Å². The lowest BCUT2D eigenvalue weighted by atomic mass is 10.0. The van der Waals surface area contributed by atoms with Gasteiger partial charge in [-0.3, -0.25) is 4.79 Å². The first-order valence-corrected chi connectivity index (χ1v) is 7.85. The summed E-state index contributed by atoms with van der Waals surface area (Å²) in [5.74, 6) is 0.759. The lowest BCUT2D eigenvalue weighted by molar-refractivity contribution is 0.0157. The van der Waals surface area contributed by atoms with E-state index in [0.29, 0.717) is 29.5 Å². The van der Waals surface area contributed by atoms with Crippen LogP contribution in [0.25, 0.3) is 11.5 Å². The Bertz CT molecular complexity index is 705. The minimum Gasteiger partial charge on any atom is -0.421 e. The van der Waals surface area contributed by atoms with Crippen LogP contribution >= 0.6 is 0 Å². The van der Waals surface area contributed by atoms with Crippen LogP contribution in [0.15, 0.2) is 28.7 Å². The molecule has 122 valence electrons. The molecule has 1 aromatic heterocycles. The van der Waals surface area contributed by atoms with Crippen LogP contribution in [0.5, 0.6) is 0 Å². The Morgan fingerprint density at radius 3 is 2.74 bits per heavy atom. The van der Waals surface area contributed by atoms with Gasteiger partial charge in [-0.2, -0.15) is 0 Å². The van der Waals surface area contributed by atoms with Gasteiger partial charge < -0.3 is 14.4 Å². The number of hydrogen-bond acceptors (Lipinski definition) is 5. The van der Waals surface area contributed by atoms with Crippen molar-refractivity contribution in [3.8, 4) is 11.5 Å². The SMILES string of the molecule is Cc1nnc(-c2cccc(C(=O)N(C)CC3(O)CCCC3)c2)o1. The Kier molecular flexibility index (Phi) is 4.17. The topological polar surface area (TPSA) is 79.5 Å². The van der Waals surface area contributed by atoms with Crippen LogP contribution in [0.3, 0.4) is 0 Å². The molecule has 1 aliphatic carbocycles. The van der Waals surface area contributed by atoms with Crippen LogP contribution in [-0.4, -0.2) is 45.3 Å².